The first-order chi connectivity index (χ1) is 5.52. The molecule has 0 saturated carbocycles. The highest BCUT2D eigenvalue weighted by atomic mass is 79.9. The molecule has 6 heteroatoms. The van der Waals surface area contributed by atoms with Crippen LogP contribution in [0.3, 0.4) is 0 Å². The Bertz CT molecular complexity index is 283. The third-order valence-electron chi connectivity index (χ3n) is 1.30. The zero-order valence-electron chi connectivity index (χ0n) is 5.76. The maximum atomic E-state index is 12.8. The Morgan fingerprint density at radius 2 is 1.83 bits per heavy atom. The number of rotatable bonds is 1. The fraction of sp³-hybridized carbons (Fsp3) is 0. The number of benzene rings is 1. The highest BCUT2D eigenvalue weighted by Crippen LogP contribution is 2.11. The lowest BCUT2D eigenvalue weighted by Gasteiger charge is -2.03. The highest BCUT2D eigenvalue weighted by Gasteiger charge is 2.20. The van der Waals surface area contributed by atoms with Crippen LogP contribution in [0.15, 0.2) is 16.6 Å². The minimum Gasteiger partial charge on any atom is -0.423 e. The van der Waals surface area contributed by atoms with Crippen molar-refractivity contribution in [2.45, 2.75) is 0 Å². The van der Waals surface area contributed by atoms with Gasteiger partial charge in [0.1, 0.15) is 11.6 Å². The Labute approximate surface area is 76.1 Å². The van der Waals surface area contributed by atoms with E-state index in [0.29, 0.717) is 6.07 Å². The van der Waals surface area contributed by atoms with Gasteiger partial charge in [0.15, 0.2) is 0 Å². The minimum absolute atomic E-state index is 0.00463. The first-order valence-electron chi connectivity index (χ1n) is 3.03. The molecule has 0 aliphatic heterocycles. The Hall–Kier alpha value is -0.455. The van der Waals surface area contributed by atoms with Crippen LogP contribution in [-0.2, 0) is 0 Å². The van der Waals surface area contributed by atoms with Crippen LogP contribution in [-0.4, -0.2) is 17.2 Å². The quantitative estimate of drug-likeness (QED) is 0.694. The molecule has 2 nitrogen and oxygen atoms in total. The second-order valence-corrected chi connectivity index (χ2v) is 3.01. The van der Waals surface area contributed by atoms with Crippen molar-refractivity contribution < 1.29 is 18.8 Å². The predicted molar refractivity (Wildman–Crippen MR) is 43.9 cm³/mol. The zero-order chi connectivity index (χ0) is 9.30. The molecule has 0 spiro atoms. The van der Waals surface area contributed by atoms with Crippen LogP contribution in [0, 0.1) is 11.6 Å². The fourth-order valence-electron chi connectivity index (χ4n) is 0.800. The van der Waals surface area contributed by atoms with Gasteiger partial charge in [-0.15, -0.1) is 0 Å². The Balaban J connectivity index is 3.28. The largest absolute Gasteiger partial charge is 0.492 e. The monoisotopic (exact) mass is 236 g/mol. The van der Waals surface area contributed by atoms with Crippen LogP contribution >= 0.6 is 15.9 Å². The first-order valence-corrected chi connectivity index (χ1v) is 3.82. The van der Waals surface area contributed by atoms with Crippen molar-refractivity contribution in [1.29, 1.82) is 0 Å². The van der Waals surface area contributed by atoms with Gasteiger partial charge < -0.3 is 10.0 Å². The standard InChI is InChI=1S/C6H4BBrF2O2/c8-4-1-3(9)2-5(10)6(4)7(11)12/h1-2,11-12H. The first kappa shape index (κ1) is 9.63. The summed E-state index contributed by atoms with van der Waals surface area (Å²) in [7, 11) is -1.94. The molecule has 0 heterocycles. The molecule has 0 saturated heterocycles. The van der Waals surface area contributed by atoms with Crippen molar-refractivity contribution in [2.75, 3.05) is 0 Å². The van der Waals surface area contributed by atoms with Gasteiger partial charge in [-0.25, -0.2) is 8.78 Å². The van der Waals surface area contributed by atoms with Crippen LogP contribution in [0.4, 0.5) is 8.78 Å². The third kappa shape index (κ3) is 1.82. The molecule has 1 aromatic carbocycles. The zero-order valence-corrected chi connectivity index (χ0v) is 7.35. The van der Waals surface area contributed by atoms with Crippen molar-refractivity contribution in [3.8, 4) is 0 Å². The second-order valence-electron chi connectivity index (χ2n) is 2.16. The number of hydrogen-bond donors (Lipinski definition) is 2. The van der Waals surface area contributed by atoms with Crippen LogP contribution < -0.4 is 5.46 Å². The molecule has 2 N–H and O–H groups in total. The summed E-state index contributed by atoms with van der Waals surface area (Å²) in [6, 6.07) is 1.54. The Kier molecular flexibility index (Phi) is 2.82. The Morgan fingerprint density at radius 3 is 2.25 bits per heavy atom. The summed E-state index contributed by atoms with van der Waals surface area (Å²) < 4.78 is 25.2. The molecular weight excluding hydrogens is 233 g/mol. The van der Waals surface area contributed by atoms with E-state index in [2.05, 4.69) is 15.9 Å². The van der Waals surface area contributed by atoms with E-state index in [1.165, 1.54) is 0 Å². The molecule has 0 fully saturated rings. The Morgan fingerprint density at radius 1 is 1.25 bits per heavy atom. The molecular formula is C6H4BBrF2O2. The molecule has 0 aliphatic carbocycles. The third-order valence-corrected chi connectivity index (χ3v) is 1.96. The molecule has 0 bridgehead atoms. The van der Waals surface area contributed by atoms with E-state index >= 15 is 0 Å². The van der Waals surface area contributed by atoms with Gasteiger partial charge in [0, 0.05) is 16.0 Å². The van der Waals surface area contributed by atoms with E-state index < -0.39 is 18.8 Å². The van der Waals surface area contributed by atoms with Gasteiger partial charge >= 0.3 is 7.12 Å². The molecule has 0 unspecified atom stereocenters. The van der Waals surface area contributed by atoms with Crippen molar-refractivity contribution in [2.24, 2.45) is 0 Å². The van der Waals surface area contributed by atoms with Crippen molar-refractivity contribution >= 4 is 28.5 Å². The summed E-state index contributed by atoms with van der Waals surface area (Å²) >= 11 is 2.80. The van der Waals surface area contributed by atoms with E-state index in [0.717, 1.165) is 6.07 Å². The van der Waals surface area contributed by atoms with Crippen LogP contribution in [0.2, 0.25) is 0 Å². The summed E-state index contributed by atoms with van der Waals surface area (Å²) in [5.41, 5.74) is -0.364. The maximum Gasteiger partial charge on any atom is 0.492 e. The minimum atomic E-state index is -1.94. The van der Waals surface area contributed by atoms with Crippen molar-refractivity contribution in [1.82, 2.24) is 0 Å². The molecule has 0 radical (unpaired) electrons. The van der Waals surface area contributed by atoms with Crippen molar-refractivity contribution in [3.05, 3.63) is 28.2 Å². The summed E-state index contributed by atoms with van der Waals surface area (Å²) in [4.78, 5) is 0. The van der Waals surface area contributed by atoms with Gasteiger partial charge in [-0.05, 0) is 6.07 Å². The number of hydrogen-bond acceptors (Lipinski definition) is 2. The van der Waals surface area contributed by atoms with Gasteiger partial charge in [-0.3, -0.25) is 0 Å². The summed E-state index contributed by atoms with van der Waals surface area (Å²) in [6.45, 7) is 0. The van der Waals surface area contributed by atoms with Crippen LogP contribution in [0.5, 0.6) is 0 Å². The molecule has 12 heavy (non-hydrogen) atoms. The van der Waals surface area contributed by atoms with E-state index in [-0.39, 0.29) is 9.94 Å². The molecule has 64 valence electrons. The fourth-order valence-corrected chi connectivity index (χ4v) is 1.41. The van der Waals surface area contributed by atoms with Crippen LogP contribution in [0.1, 0.15) is 0 Å². The smallest absolute Gasteiger partial charge is 0.423 e. The molecule has 0 amide bonds. The second kappa shape index (κ2) is 3.51. The van der Waals surface area contributed by atoms with Crippen LogP contribution in [0.25, 0.3) is 0 Å². The molecule has 1 aromatic rings. The highest BCUT2D eigenvalue weighted by molar-refractivity contribution is 9.10. The normalized spacial score (nSPS) is 10.1. The average Bonchev–Trinajstić information content (AvgIpc) is 1.82. The van der Waals surface area contributed by atoms with Crippen molar-refractivity contribution in [3.63, 3.8) is 0 Å². The molecule has 0 aliphatic rings. The van der Waals surface area contributed by atoms with E-state index in [9.17, 15) is 8.78 Å². The summed E-state index contributed by atoms with van der Waals surface area (Å²) in [6.07, 6.45) is 0. The predicted octanol–water partition coefficient (Wildman–Crippen LogP) is 0.407. The lowest BCUT2D eigenvalue weighted by molar-refractivity contribution is 0.422. The summed E-state index contributed by atoms with van der Waals surface area (Å²) in [5.74, 6) is -1.76. The van der Waals surface area contributed by atoms with Gasteiger partial charge in [0.2, 0.25) is 0 Å². The van der Waals surface area contributed by atoms with Gasteiger partial charge in [-0.1, -0.05) is 15.9 Å². The number of halogens is 3. The van der Waals surface area contributed by atoms with E-state index in [1.807, 2.05) is 0 Å². The van der Waals surface area contributed by atoms with Gasteiger partial charge in [0.25, 0.3) is 0 Å². The lowest BCUT2D eigenvalue weighted by Crippen LogP contribution is -2.34. The molecule has 0 aromatic heterocycles. The summed E-state index contributed by atoms with van der Waals surface area (Å²) in [5, 5.41) is 17.3. The molecule has 0 atom stereocenters. The molecule has 1 rings (SSSR count). The van der Waals surface area contributed by atoms with Gasteiger partial charge in [0.05, 0.1) is 0 Å². The lowest BCUT2D eigenvalue weighted by atomic mass is 9.80. The van der Waals surface area contributed by atoms with E-state index in [1.54, 1.807) is 0 Å². The van der Waals surface area contributed by atoms with Gasteiger partial charge in [-0.2, -0.15) is 0 Å². The SMILES string of the molecule is OB(O)c1c(F)cc(F)cc1Br. The maximum absolute atomic E-state index is 12.8. The average molecular weight is 237 g/mol. The topological polar surface area (TPSA) is 40.5 Å². The van der Waals surface area contributed by atoms with E-state index in [4.69, 9.17) is 10.0 Å².